The molecule has 3 heterocycles. The molecule has 2 aliphatic rings. The monoisotopic (exact) mass is 397 g/mol. The molecule has 0 saturated carbocycles. The Labute approximate surface area is 146 Å². The van der Waals surface area contributed by atoms with Gasteiger partial charge in [0.05, 0.1) is 16.6 Å². The van der Waals surface area contributed by atoms with Crippen LogP contribution in [0, 0.1) is 0 Å². The largest absolute Gasteiger partial charge is 0.465 e. The fourth-order valence-corrected chi connectivity index (χ4v) is 4.73. The molecule has 1 amide bonds. The Morgan fingerprint density at radius 3 is 2.70 bits per heavy atom. The lowest BCUT2D eigenvalue weighted by atomic mass is 10.2. The summed E-state index contributed by atoms with van der Waals surface area (Å²) in [5.74, 6) is 0. The van der Waals surface area contributed by atoms with E-state index in [2.05, 4.69) is 25.8 Å². The van der Waals surface area contributed by atoms with E-state index in [-0.39, 0.29) is 12.1 Å². The minimum atomic E-state index is -0.818. The van der Waals surface area contributed by atoms with Crippen molar-refractivity contribution in [2.75, 3.05) is 24.2 Å². The molecule has 1 aromatic heterocycles. The van der Waals surface area contributed by atoms with Crippen molar-refractivity contribution in [2.45, 2.75) is 29.8 Å². The maximum absolute atomic E-state index is 11.4. The number of halogens is 1. The molecule has 1 N–H and O–H groups in total. The third-order valence-electron chi connectivity index (χ3n) is 4.62. The number of anilines is 1. The summed E-state index contributed by atoms with van der Waals surface area (Å²) in [7, 11) is 0. The molecule has 0 radical (unpaired) electrons. The highest BCUT2D eigenvalue weighted by Gasteiger charge is 2.43. The van der Waals surface area contributed by atoms with Gasteiger partial charge in [-0.05, 0) is 47.2 Å². The molecule has 2 fully saturated rings. The first kappa shape index (κ1) is 15.1. The lowest BCUT2D eigenvalue weighted by molar-refractivity contribution is 0.114. The summed E-state index contributed by atoms with van der Waals surface area (Å²) in [6.45, 7) is 1.28. The van der Waals surface area contributed by atoms with Crippen LogP contribution < -0.4 is 4.90 Å². The third-order valence-corrected chi connectivity index (χ3v) is 5.91. The molecule has 2 aromatic rings. The van der Waals surface area contributed by atoms with E-state index in [1.807, 2.05) is 18.4 Å². The molecule has 2 saturated heterocycles. The summed E-state index contributed by atoms with van der Waals surface area (Å²) in [4.78, 5) is 20.8. The summed E-state index contributed by atoms with van der Waals surface area (Å²) in [5.41, 5.74) is 1.57. The number of thioether (sulfide) groups is 1. The minimum absolute atomic E-state index is 0.0338. The Bertz CT molecular complexity index is 767. The number of carbonyl (C=O) groups is 1. The topological polar surface area (TPSA) is 69.8 Å². The molecule has 0 spiro atoms. The van der Waals surface area contributed by atoms with Gasteiger partial charge in [-0.25, -0.2) is 4.79 Å². The second kappa shape index (κ2) is 5.59. The molecule has 8 heteroatoms. The van der Waals surface area contributed by atoms with Crippen molar-refractivity contribution in [3.63, 3.8) is 0 Å². The summed E-state index contributed by atoms with van der Waals surface area (Å²) >= 11 is 5.20. The van der Waals surface area contributed by atoms with Gasteiger partial charge in [-0.3, -0.25) is 4.90 Å². The van der Waals surface area contributed by atoms with Gasteiger partial charge in [0.25, 0.3) is 6.01 Å². The Kier molecular flexibility index (Phi) is 3.68. The zero-order chi connectivity index (χ0) is 16.1. The van der Waals surface area contributed by atoms with E-state index in [0.29, 0.717) is 19.1 Å². The fourth-order valence-electron chi connectivity index (χ4n) is 3.58. The number of rotatable bonds is 2. The average Bonchev–Trinajstić information content (AvgIpc) is 3.06. The number of fused-ring (bicyclic) bond motifs is 3. The van der Waals surface area contributed by atoms with Crippen LogP contribution in [0.3, 0.4) is 0 Å². The van der Waals surface area contributed by atoms with E-state index in [0.717, 1.165) is 33.3 Å². The fraction of sp³-hybridized carbons (Fsp3) is 0.467. The highest BCUT2D eigenvalue weighted by Crippen LogP contribution is 2.36. The van der Waals surface area contributed by atoms with Crippen molar-refractivity contribution in [2.24, 2.45) is 0 Å². The van der Waals surface area contributed by atoms with Gasteiger partial charge in [0.15, 0.2) is 5.58 Å². The molecular weight excluding hydrogens is 382 g/mol. The van der Waals surface area contributed by atoms with Crippen molar-refractivity contribution < 1.29 is 14.3 Å². The Balaban J connectivity index is 1.66. The van der Waals surface area contributed by atoms with Crippen LogP contribution in [0.5, 0.6) is 0 Å². The number of amides is 1. The van der Waals surface area contributed by atoms with Crippen molar-refractivity contribution >= 4 is 50.9 Å². The van der Waals surface area contributed by atoms with Crippen molar-refractivity contribution in [1.82, 2.24) is 9.88 Å². The lowest BCUT2D eigenvalue weighted by Gasteiger charge is -2.38. The van der Waals surface area contributed by atoms with Crippen molar-refractivity contribution in [3.8, 4) is 0 Å². The molecule has 6 nitrogen and oxygen atoms in total. The molecule has 1 aromatic carbocycles. The summed E-state index contributed by atoms with van der Waals surface area (Å²) in [6.07, 6.45) is 3.03. The van der Waals surface area contributed by atoms with Gasteiger partial charge in [-0.1, -0.05) is 0 Å². The predicted molar refractivity (Wildman–Crippen MR) is 92.4 cm³/mol. The Morgan fingerprint density at radius 1 is 1.39 bits per heavy atom. The van der Waals surface area contributed by atoms with Gasteiger partial charge < -0.3 is 14.4 Å². The standard InChI is InChI=1S/C15H16BrN3O3S/c1-23-10-4-11(16)13-12(5-10)17-14(22-13)18-6-8-2-3-9(7-18)19(8)15(20)21/h4-5,8-9H,2-3,6-7H2,1H3,(H,20,21). The smallest absolute Gasteiger partial charge is 0.407 e. The number of carboxylic acid groups (broad SMARTS) is 1. The molecule has 4 rings (SSSR count). The van der Waals surface area contributed by atoms with Crippen LogP contribution in [0.15, 0.2) is 25.9 Å². The summed E-state index contributed by atoms with van der Waals surface area (Å²) in [5, 5.41) is 9.34. The lowest BCUT2D eigenvalue weighted by Crippen LogP contribution is -2.55. The van der Waals surface area contributed by atoms with E-state index in [9.17, 15) is 9.90 Å². The van der Waals surface area contributed by atoms with Gasteiger partial charge in [0.1, 0.15) is 5.52 Å². The molecule has 23 heavy (non-hydrogen) atoms. The second-order valence-corrected chi connectivity index (χ2v) is 7.67. The summed E-state index contributed by atoms with van der Waals surface area (Å²) < 4.78 is 6.84. The van der Waals surface area contributed by atoms with Gasteiger partial charge in [0.2, 0.25) is 0 Å². The van der Waals surface area contributed by atoms with Crippen LogP contribution in [0.4, 0.5) is 10.8 Å². The van der Waals surface area contributed by atoms with E-state index in [1.54, 1.807) is 16.7 Å². The van der Waals surface area contributed by atoms with Gasteiger partial charge in [-0.2, -0.15) is 4.98 Å². The third kappa shape index (κ3) is 2.48. The molecule has 2 unspecified atom stereocenters. The van der Waals surface area contributed by atoms with Crippen molar-refractivity contribution in [1.29, 1.82) is 0 Å². The van der Waals surface area contributed by atoms with E-state index < -0.39 is 6.09 Å². The van der Waals surface area contributed by atoms with Gasteiger partial charge in [-0.15, -0.1) is 11.8 Å². The first-order chi connectivity index (χ1) is 11.1. The van der Waals surface area contributed by atoms with E-state index in [4.69, 9.17) is 4.42 Å². The normalized spacial score (nSPS) is 23.7. The number of nitrogens with zero attached hydrogens (tertiary/aromatic N) is 3. The van der Waals surface area contributed by atoms with E-state index in [1.165, 1.54) is 0 Å². The highest BCUT2D eigenvalue weighted by molar-refractivity contribution is 9.10. The Hall–Kier alpha value is -1.41. The number of oxazole rings is 1. The number of aromatic nitrogens is 1. The van der Waals surface area contributed by atoms with Crippen LogP contribution in [0.1, 0.15) is 12.8 Å². The first-order valence-corrected chi connectivity index (χ1v) is 9.49. The first-order valence-electron chi connectivity index (χ1n) is 7.47. The van der Waals surface area contributed by atoms with Gasteiger partial charge in [0, 0.05) is 18.0 Å². The van der Waals surface area contributed by atoms with E-state index >= 15 is 0 Å². The zero-order valence-electron chi connectivity index (χ0n) is 12.5. The van der Waals surface area contributed by atoms with Crippen LogP contribution in [0.2, 0.25) is 0 Å². The van der Waals surface area contributed by atoms with Crippen LogP contribution in [-0.4, -0.2) is 52.5 Å². The molecular formula is C15H16BrN3O3S. The molecule has 2 atom stereocenters. The zero-order valence-corrected chi connectivity index (χ0v) is 14.9. The number of benzene rings is 1. The van der Waals surface area contributed by atoms with Crippen LogP contribution >= 0.6 is 27.7 Å². The maximum Gasteiger partial charge on any atom is 0.407 e. The van der Waals surface area contributed by atoms with Crippen molar-refractivity contribution in [3.05, 3.63) is 16.6 Å². The SMILES string of the molecule is CSc1cc(Br)c2oc(N3CC4CCC(C3)N4C(=O)O)nc2c1. The molecule has 2 aliphatic heterocycles. The molecule has 122 valence electrons. The number of hydrogen-bond donors (Lipinski definition) is 1. The summed E-state index contributed by atoms with van der Waals surface area (Å²) in [6, 6.07) is 4.69. The Morgan fingerprint density at radius 2 is 2.09 bits per heavy atom. The predicted octanol–water partition coefficient (Wildman–Crippen LogP) is 3.64. The number of piperazine rings is 1. The van der Waals surface area contributed by atoms with Gasteiger partial charge >= 0.3 is 6.09 Å². The maximum atomic E-state index is 11.4. The van der Waals surface area contributed by atoms with Crippen LogP contribution in [0.25, 0.3) is 11.1 Å². The quantitative estimate of drug-likeness (QED) is 0.779. The number of hydrogen-bond acceptors (Lipinski definition) is 5. The molecule has 2 bridgehead atoms. The second-order valence-electron chi connectivity index (χ2n) is 5.93. The highest BCUT2D eigenvalue weighted by atomic mass is 79.9. The van der Waals surface area contributed by atoms with Crippen LogP contribution in [-0.2, 0) is 0 Å². The average molecular weight is 398 g/mol. The molecule has 0 aliphatic carbocycles. The minimum Gasteiger partial charge on any atom is -0.465 e.